The third kappa shape index (κ3) is 1.61. The van der Waals surface area contributed by atoms with E-state index in [9.17, 15) is 0 Å². The van der Waals surface area contributed by atoms with Gasteiger partial charge in [0.15, 0.2) is 0 Å². The highest BCUT2D eigenvalue weighted by Gasteiger charge is 2.15. The van der Waals surface area contributed by atoms with E-state index in [1.165, 1.54) is 17.5 Å². The third-order valence-electron chi connectivity index (χ3n) is 2.93. The molecule has 0 amide bonds. The fourth-order valence-corrected chi connectivity index (χ4v) is 2.31. The lowest BCUT2D eigenvalue weighted by Gasteiger charge is -2.14. The second kappa shape index (κ2) is 3.51. The highest BCUT2D eigenvalue weighted by Crippen LogP contribution is 2.25. The molecule has 1 aromatic rings. The Morgan fingerprint density at radius 1 is 1.38 bits per heavy atom. The van der Waals surface area contributed by atoms with Crippen LogP contribution in [-0.4, -0.2) is 13.1 Å². The molecule has 0 fully saturated rings. The van der Waals surface area contributed by atoms with E-state index in [2.05, 4.69) is 37.4 Å². The molecule has 0 saturated carbocycles. The normalized spacial score (nSPS) is 22.2. The Hall–Kier alpha value is -0.820. The van der Waals surface area contributed by atoms with Crippen LogP contribution in [0.1, 0.15) is 29.5 Å². The van der Waals surface area contributed by atoms with Crippen LogP contribution < -0.4 is 5.32 Å². The zero-order valence-corrected chi connectivity index (χ0v) is 8.43. The van der Waals surface area contributed by atoms with Crippen LogP contribution in [0.15, 0.2) is 18.2 Å². The fourth-order valence-electron chi connectivity index (χ4n) is 2.31. The van der Waals surface area contributed by atoms with Crippen LogP contribution in [0.25, 0.3) is 0 Å². The van der Waals surface area contributed by atoms with E-state index in [0.29, 0.717) is 5.92 Å². The lowest BCUT2D eigenvalue weighted by molar-refractivity contribution is 0.643. The molecule has 70 valence electrons. The molecule has 1 N–H and O–H groups in total. The summed E-state index contributed by atoms with van der Waals surface area (Å²) >= 11 is 0. The van der Waals surface area contributed by atoms with Crippen LogP contribution in [-0.2, 0) is 6.42 Å². The summed E-state index contributed by atoms with van der Waals surface area (Å²) < 4.78 is 0. The van der Waals surface area contributed by atoms with E-state index in [1.807, 2.05) is 0 Å². The van der Waals surface area contributed by atoms with Gasteiger partial charge in [-0.2, -0.15) is 0 Å². The first-order valence-electron chi connectivity index (χ1n) is 5.08. The second-order valence-corrected chi connectivity index (χ2v) is 4.00. The van der Waals surface area contributed by atoms with Gasteiger partial charge in [-0.15, -0.1) is 0 Å². The molecule has 0 spiro atoms. The van der Waals surface area contributed by atoms with Crippen molar-refractivity contribution in [1.82, 2.24) is 5.32 Å². The highest BCUT2D eigenvalue weighted by atomic mass is 14.9. The summed E-state index contributed by atoms with van der Waals surface area (Å²) in [7, 11) is 0. The molecule has 0 bridgehead atoms. The average molecular weight is 175 g/mol. The number of benzene rings is 1. The Labute approximate surface area is 80.2 Å². The summed E-state index contributed by atoms with van der Waals surface area (Å²) in [4.78, 5) is 0. The summed E-state index contributed by atoms with van der Waals surface area (Å²) in [5.41, 5.74) is 4.57. The minimum absolute atomic E-state index is 0.665. The van der Waals surface area contributed by atoms with Crippen molar-refractivity contribution in [2.75, 3.05) is 13.1 Å². The van der Waals surface area contributed by atoms with Crippen LogP contribution in [0.3, 0.4) is 0 Å². The molecule has 1 aromatic carbocycles. The van der Waals surface area contributed by atoms with Gasteiger partial charge < -0.3 is 5.32 Å². The first kappa shape index (κ1) is 8.76. The Morgan fingerprint density at radius 3 is 3.08 bits per heavy atom. The van der Waals surface area contributed by atoms with E-state index >= 15 is 0 Å². The molecule has 1 heteroatoms. The van der Waals surface area contributed by atoms with Gasteiger partial charge in [0.1, 0.15) is 0 Å². The summed E-state index contributed by atoms with van der Waals surface area (Å²) in [5.74, 6) is 0.665. The van der Waals surface area contributed by atoms with Crippen LogP contribution in [0, 0.1) is 6.92 Å². The number of fused-ring (bicyclic) bond motifs is 1. The maximum atomic E-state index is 3.47. The van der Waals surface area contributed by atoms with E-state index in [0.717, 1.165) is 13.1 Å². The number of rotatable bonds is 0. The van der Waals surface area contributed by atoms with Crippen molar-refractivity contribution >= 4 is 0 Å². The fraction of sp³-hybridized carbons (Fsp3) is 0.500. The Kier molecular flexibility index (Phi) is 2.36. The maximum Gasteiger partial charge on any atom is 0.00178 e. The van der Waals surface area contributed by atoms with E-state index < -0.39 is 0 Å². The van der Waals surface area contributed by atoms with E-state index in [4.69, 9.17) is 0 Å². The standard InChI is InChI=1S/C12H17N/c1-9-4-3-5-11-6-7-13-8-10(2)12(9)11/h3-5,10,13H,6-8H2,1-2H3. The first-order valence-corrected chi connectivity index (χ1v) is 5.08. The van der Waals surface area contributed by atoms with Crippen molar-refractivity contribution in [3.63, 3.8) is 0 Å². The molecule has 0 saturated heterocycles. The molecule has 1 unspecified atom stereocenters. The van der Waals surface area contributed by atoms with Gasteiger partial charge in [-0.05, 0) is 42.5 Å². The van der Waals surface area contributed by atoms with Crippen molar-refractivity contribution in [3.8, 4) is 0 Å². The number of nitrogens with one attached hydrogen (secondary N) is 1. The van der Waals surface area contributed by atoms with Gasteiger partial charge in [0.2, 0.25) is 0 Å². The van der Waals surface area contributed by atoms with Crippen molar-refractivity contribution in [2.45, 2.75) is 26.2 Å². The third-order valence-corrected chi connectivity index (χ3v) is 2.93. The minimum atomic E-state index is 0.665. The van der Waals surface area contributed by atoms with Crippen LogP contribution in [0.4, 0.5) is 0 Å². The average Bonchev–Trinajstić information content (AvgIpc) is 2.29. The Balaban J connectivity index is 2.48. The lowest BCUT2D eigenvalue weighted by atomic mass is 9.91. The quantitative estimate of drug-likeness (QED) is 0.637. The topological polar surface area (TPSA) is 12.0 Å². The van der Waals surface area contributed by atoms with Gasteiger partial charge in [-0.25, -0.2) is 0 Å². The summed E-state index contributed by atoms with van der Waals surface area (Å²) in [5, 5.41) is 3.47. The number of hydrogen-bond donors (Lipinski definition) is 1. The molecular formula is C12H17N. The van der Waals surface area contributed by atoms with Gasteiger partial charge in [-0.1, -0.05) is 25.1 Å². The highest BCUT2D eigenvalue weighted by molar-refractivity contribution is 5.38. The molecule has 0 aromatic heterocycles. The van der Waals surface area contributed by atoms with Crippen molar-refractivity contribution in [3.05, 3.63) is 34.9 Å². The SMILES string of the molecule is Cc1cccc2c1C(C)CNCC2. The second-order valence-electron chi connectivity index (χ2n) is 4.00. The van der Waals surface area contributed by atoms with Crippen LogP contribution in [0.5, 0.6) is 0 Å². The molecule has 1 aliphatic rings. The predicted molar refractivity (Wildman–Crippen MR) is 56.2 cm³/mol. The van der Waals surface area contributed by atoms with Crippen molar-refractivity contribution in [2.24, 2.45) is 0 Å². The molecule has 1 nitrogen and oxygen atoms in total. The largest absolute Gasteiger partial charge is 0.316 e. The van der Waals surface area contributed by atoms with Gasteiger partial charge in [0.25, 0.3) is 0 Å². The minimum Gasteiger partial charge on any atom is -0.316 e. The Morgan fingerprint density at radius 2 is 2.23 bits per heavy atom. The van der Waals surface area contributed by atoms with Gasteiger partial charge in [0.05, 0.1) is 0 Å². The molecule has 1 atom stereocenters. The smallest absolute Gasteiger partial charge is 0.00178 e. The van der Waals surface area contributed by atoms with Crippen LogP contribution in [0.2, 0.25) is 0 Å². The Bertz CT molecular complexity index is 304. The summed E-state index contributed by atoms with van der Waals surface area (Å²) in [6.07, 6.45) is 1.18. The van der Waals surface area contributed by atoms with Crippen LogP contribution >= 0.6 is 0 Å². The molecule has 0 aliphatic carbocycles. The van der Waals surface area contributed by atoms with Crippen molar-refractivity contribution < 1.29 is 0 Å². The summed E-state index contributed by atoms with van der Waals surface area (Å²) in [6.45, 7) is 6.78. The van der Waals surface area contributed by atoms with E-state index in [1.54, 1.807) is 5.56 Å². The maximum absolute atomic E-state index is 3.47. The zero-order valence-electron chi connectivity index (χ0n) is 8.43. The predicted octanol–water partition coefficient (Wildman–Crippen LogP) is 2.24. The lowest BCUT2D eigenvalue weighted by Crippen LogP contribution is -2.18. The van der Waals surface area contributed by atoms with Crippen molar-refractivity contribution in [1.29, 1.82) is 0 Å². The molecule has 1 heterocycles. The molecule has 0 radical (unpaired) electrons. The van der Waals surface area contributed by atoms with Gasteiger partial charge in [-0.3, -0.25) is 0 Å². The number of aryl methyl sites for hydroxylation is 1. The molecular weight excluding hydrogens is 158 g/mol. The number of hydrogen-bond acceptors (Lipinski definition) is 1. The van der Waals surface area contributed by atoms with E-state index in [-0.39, 0.29) is 0 Å². The molecule has 2 rings (SSSR count). The van der Waals surface area contributed by atoms with Gasteiger partial charge >= 0.3 is 0 Å². The molecule has 1 aliphatic heterocycles. The van der Waals surface area contributed by atoms with Gasteiger partial charge in [0, 0.05) is 6.54 Å². The monoisotopic (exact) mass is 175 g/mol. The first-order chi connectivity index (χ1) is 6.29. The summed E-state index contributed by atoms with van der Waals surface area (Å²) in [6, 6.07) is 6.67. The zero-order chi connectivity index (χ0) is 9.26. The molecule has 13 heavy (non-hydrogen) atoms.